The number of hydrogen-bond donors (Lipinski definition) is 1. The summed E-state index contributed by atoms with van der Waals surface area (Å²) in [5.41, 5.74) is 0. The quantitative estimate of drug-likeness (QED) is 0.294. The number of nitrogens with zero attached hydrogens (tertiary/aromatic N) is 2. The van der Waals surface area contributed by atoms with E-state index in [1.807, 2.05) is 13.8 Å². The summed E-state index contributed by atoms with van der Waals surface area (Å²) in [7, 11) is 0. The van der Waals surface area contributed by atoms with Gasteiger partial charge in [0.05, 0.1) is 6.34 Å². The van der Waals surface area contributed by atoms with Crippen LogP contribution in [0, 0.1) is 5.41 Å². The van der Waals surface area contributed by atoms with Gasteiger partial charge < -0.3 is 9.80 Å². The lowest BCUT2D eigenvalue weighted by atomic mass is 10.3. The van der Waals surface area contributed by atoms with Gasteiger partial charge in [-0.2, -0.15) is 0 Å². The molecule has 1 fully saturated rings. The molecular formula is C9H17N3O2. The number of carbonyl (C=O) groups excluding carboxylic acids is 2. The molecule has 0 unspecified atom stereocenters. The molecule has 1 N–H and O–H groups in total. The van der Waals surface area contributed by atoms with Crippen molar-refractivity contribution in [1.82, 2.24) is 9.80 Å². The van der Waals surface area contributed by atoms with Gasteiger partial charge in [0.1, 0.15) is 0 Å². The molecule has 0 aromatic carbocycles. The van der Waals surface area contributed by atoms with Crippen molar-refractivity contribution >= 4 is 18.5 Å². The third-order valence-corrected chi connectivity index (χ3v) is 1.91. The van der Waals surface area contributed by atoms with Crippen molar-refractivity contribution in [3.05, 3.63) is 0 Å². The molecule has 1 rings (SSSR count). The van der Waals surface area contributed by atoms with Gasteiger partial charge in [0.25, 0.3) is 5.91 Å². The Kier molecular flexibility index (Phi) is 6.36. The largest absolute Gasteiger partial charge is 0.360 e. The zero-order chi connectivity index (χ0) is 11.0. The van der Waals surface area contributed by atoms with E-state index in [1.54, 1.807) is 4.90 Å². The Morgan fingerprint density at radius 1 is 1.21 bits per heavy atom. The topological polar surface area (TPSA) is 64.5 Å². The van der Waals surface area contributed by atoms with E-state index in [0.29, 0.717) is 32.5 Å². The molecule has 5 nitrogen and oxygen atoms in total. The lowest BCUT2D eigenvalue weighted by Crippen LogP contribution is -2.48. The monoisotopic (exact) mass is 199 g/mol. The maximum atomic E-state index is 10.8. The van der Waals surface area contributed by atoms with Gasteiger partial charge in [0.15, 0.2) is 0 Å². The summed E-state index contributed by atoms with van der Waals surface area (Å²) in [4.78, 5) is 24.2. The normalized spacial score (nSPS) is 15.3. The zero-order valence-corrected chi connectivity index (χ0v) is 8.69. The van der Waals surface area contributed by atoms with Gasteiger partial charge in [-0.25, -0.2) is 0 Å². The average molecular weight is 199 g/mol. The number of aldehydes is 1. The molecule has 1 aliphatic rings. The van der Waals surface area contributed by atoms with Gasteiger partial charge in [-0.3, -0.25) is 15.0 Å². The smallest absolute Gasteiger partial charge is 0.286 e. The predicted molar refractivity (Wildman–Crippen MR) is 54.3 cm³/mol. The molecule has 5 heteroatoms. The van der Waals surface area contributed by atoms with E-state index in [4.69, 9.17) is 5.41 Å². The molecule has 0 bridgehead atoms. The minimum atomic E-state index is -0.459. The molecular weight excluding hydrogens is 182 g/mol. The van der Waals surface area contributed by atoms with Crippen LogP contribution in [-0.4, -0.2) is 54.5 Å². The van der Waals surface area contributed by atoms with Crippen molar-refractivity contribution in [3.8, 4) is 0 Å². The molecule has 1 aliphatic heterocycles. The second-order valence-electron chi connectivity index (χ2n) is 2.61. The first-order valence-electron chi connectivity index (χ1n) is 4.76. The number of nitrogens with one attached hydrogen (secondary N) is 1. The Bertz CT molecular complexity index is 198. The van der Waals surface area contributed by atoms with Crippen LogP contribution in [0.1, 0.15) is 13.8 Å². The molecule has 14 heavy (non-hydrogen) atoms. The molecule has 80 valence electrons. The van der Waals surface area contributed by atoms with Crippen LogP contribution in [-0.2, 0) is 9.59 Å². The molecule has 0 aromatic rings. The van der Waals surface area contributed by atoms with Crippen LogP contribution in [0.25, 0.3) is 0 Å². The third-order valence-electron chi connectivity index (χ3n) is 1.91. The number of piperazine rings is 1. The summed E-state index contributed by atoms with van der Waals surface area (Å²) in [5.74, 6) is -0.459. The number of hydrogen-bond acceptors (Lipinski definition) is 3. The van der Waals surface area contributed by atoms with Crippen LogP contribution in [0.15, 0.2) is 0 Å². The molecule has 1 amide bonds. The molecule has 0 atom stereocenters. The van der Waals surface area contributed by atoms with Crippen molar-refractivity contribution in [3.63, 3.8) is 0 Å². The summed E-state index contributed by atoms with van der Waals surface area (Å²) in [6.07, 6.45) is 1.59. The van der Waals surface area contributed by atoms with Crippen molar-refractivity contribution < 1.29 is 9.59 Å². The first-order valence-corrected chi connectivity index (χ1v) is 4.76. The van der Waals surface area contributed by atoms with E-state index in [1.165, 1.54) is 11.2 Å². The molecule has 1 saturated heterocycles. The van der Waals surface area contributed by atoms with Crippen molar-refractivity contribution in [2.24, 2.45) is 0 Å². The van der Waals surface area contributed by atoms with Crippen LogP contribution in [0.3, 0.4) is 0 Å². The van der Waals surface area contributed by atoms with Gasteiger partial charge in [0.2, 0.25) is 6.29 Å². The van der Waals surface area contributed by atoms with Crippen LogP contribution < -0.4 is 0 Å². The maximum absolute atomic E-state index is 10.8. The second-order valence-corrected chi connectivity index (χ2v) is 2.61. The van der Waals surface area contributed by atoms with E-state index in [9.17, 15) is 9.59 Å². The first-order chi connectivity index (χ1) is 6.77. The molecule has 0 aromatic heterocycles. The fraction of sp³-hybridized carbons (Fsp3) is 0.667. The second kappa shape index (κ2) is 7.06. The third kappa shape index (κ3) is 3.55. The molecule has 0 aliphatic carbocycles. The Morgan fingerprint density at radius 3 is 2.07 bits per heavy atom. The lowest BCUT2D eigenvalue weighted by Gasteiger charge is -2.32. The lowest BCUT2D eigenvalue weighted by molar-refractivity contribution is -0.139. The van der Waals surface area contributed by atoms with Crippen LogP contribution in [0.5, 0.6) is 0 Å². The summed E-state index contributed by atoms with van der Waals surface area (Å²) < 4.78 is 0. The summed E-state index contributed by atoms with van der Waals surface area (Å²) >= 11 is 0. The average Bonchev–Trinajstić information content (AvgIpc) is 2.31. The van der Waals surface area contributed by atoms with Gasteiger partial charge in [-0.15, -0.1) is 0 Å². The molecule has 0 radical (unpaired) electrons. The number of amides is 1. The molecule has 0 saturated carbocycles. The van der Waals surface area contributed by atoms with E-state index < -0.39 is 5.91 Å². The maximum Gasteiger partial charge on any atom is 0.286 e. The highest BCUT2D eigenvalue weighted by Crippen LogP contribution is 1.98. The minimum Gasteiger partial charge on any atom is -0.360 e. The van der Waals surface area contributed by atoms with E-state index >= 15 is 0 Å². The first kappa shape index (κ1) is 12.6. The van der Waals surface area contributed by atoms with E-state index in [2.05, 4.69) is 0 Å². The van der Waals surface area contributed by atoms with Crippen LogP contribution in [0.4, 0.5) is 0 Å². The van der Waals surface area contributed by atoms with Crippen LogP contribution >= 0.6 is 0 Å². The molecule has 0 spiro atoms. The number of carbonyl (C=O) groups is 2. The number of rotatable bonds is 2. The van der Waals surface area contributed by atoms with E-state index in [-0.39, 0.29) is 0 Å². The van der Waals surface area contributed by atoms with Crippen molar-refractivity contribution in [2.75, 3.05) is 26.2 Å². The van der Waals surface area contributed by atoms with Gasteiger partial charge in [-0.05, 0) is 0 Å². The highest BCUT2D eigenvalue weighted by molar-refractivity contribution is 6.23. The van der Waals surface area contributed by atoms with Crippen LogP contribution in [0.2, 0.25) is 0 Å². The Labute approximate surface area is 84.2 Å². The van der Waals surface area contributed by atoms with E-state index in [0.717, 1.165) is 0 Å². The molecule has 1 heterocycles. The fourth-order valence-corrected chi connectivity index (χ4v) is 1.15. The Hall–Kier alpha value is -1.39. The van der Waals surface area contributed by atoms with Gasteiger partial charge >= 0.3 is 0 Å². The van der Waals surface area contributed by atoms with Crippen molar-refractivity contribution in [2.45, 2.75) is 13.8 Å². The summed E-state index contributed by atoms with van der Waals surface area (Å²) in [6.45, 7) is 6.35. The van der Waals surface area contributed by atoms with Gasteiger partial charge in [0, 0.05) is 26.2 Å². The Balaban J connectivity index is 0.000000791. The summed E-state index contributed by atoms with van der Waals surface area (Å²) in [6, 6.07) is 0. The van der Waals surface area contributed by atoms with Gasteiger partial charge in [-0.1, -0.05) is 13.8 Å². The SMILES string of the molecule is CC.N=CN1CCN(C(=O)C=O)CC1. The standard InChI is InChI=1S/C7H11N3O2.C2H6/c8-6-9-1-3-10(4-2-9)7(12)5-11;1-2/h5-6,8H,1-4H2;1-2H3. The zero-order valence-electron chi connectivity index (χ0n) is 8.69. The highest BCUT2D eigenvalue weighted by atomic mass is 16.2. The predicted octanol–water partition coefficient (Wildman–Crippen LogP) is -0.0372. The Morgan fingerprint density at radius 2 is 1.71 bits per heavy atom. The highest BCUT2D eigenvalue weighted by Gasteiger charge is 2.18. The van der Waals surface area contributed by atoms with Crippen molar-refractivity contribution in [1.29, 1.82) is 5.41 Å². The minimum absolute atomic E-state index is 0.333. The fourth-order valence-electron chi connectivity index (χ4n) is 1.15. The summed E-state index contributed by atoms with van der Waals surface area (Å²) in [5, 5.41) is 6.94.